The summed E-state index contributed by atoms with van der Waals surface area (Å²) in [5.41, 5.74) is 0.192. The van der Waals surface area contributed by atoms with Crippen molar-refractivity contribution in [2.75, 3.05) is 5.32 Å². The van der Waals surface area contributed by atoms with E-state index in [1.165, 1.54) is 12.1 Å². The van der Waals surface area contributed by atoms with Crippen LogP contribution in [0.15, 0.2) is 28.8 Å². The number of nitrogens with zero attached hydrogens (tertiary/aromatic N) is 1. The molecule has 0 fully saturated rings. The Hall–Kier alpha value is -1.52. The van der Waals surface area contributed by atoms with Crippen molar-refractivity contribution in [3.63, 3.8) is 0 Å². The number of carbonyl (C=O) groups is 1. The number of carbonyl (C=O) groups excluding carboxylic acids is 1. The van der Waals surface area contributed by atoms with Crippen molar-refractivity contribution in [3.05, 3.63) is 45.6 Å². The first kappa shape index (κ1) is 14.9. The zero-order valence-corrected chi connectivity index (χ0v) is 12.8. The van der Waals surface area contributed by atoms with Gasteiger partial charge in [-0.1, -0.05) is 49.1 Å². The molecule has 0 atom stereocenters. The SMILES string of the molecule is CC(C)(C)c1cc(NC(=O)c2cc(Cl)cc(Cl)c2)no1. The van der Waals surface area contributed by atoms with Crippen LogP contribution >= 0.6 is 23.2 Å². The quantitative estimate of drug-likeness (QED) is 0.886. The van der Waals surface area contributed by atoms with Gasteiger partial charge >= 0.3 is 0 Å². The molecule has 0 aliphatic heterocycles. The Morgan fingerprint density at radius 3 is 2.25 bits per heavy atom. The van der Waals surface area contributed by atoms with Gasteiger partial charge in [0, 0.05) is 27.1 Å². The summed E-state index contributed by atoms with van der Waals surface area (Å²) in [6.45, 7) is 5.99. The fourth-order valence-electron chi connectivity index (χ4n) is 1.56. The fraction of sp³-hybridized carbons (Fsp3) is 0.286. The van der Waals surface area contributed by atoms with Crippen LogP contribution in [0.1, 0.15) is 36.9 Å². The Morgan fingerprint density at radius 1 is 1.15 bits per heavy atom. The molecule has 1 heterocycles. The number of benzene rings is 1. The molecule has 2 aromatic rings. The summed E-state index contributed by atoms with van der Waals surface area (Å²) in [6.07, 6.45) is 0. The van der Waals surface area contributed by atoms with E-state index in [1.807, 2.05) is 20.8 Å². The summed E-state index contributed by atoms with van der Waals surface area (Å²) in [5, 5.41) is 7.27. The van der Waals surface area contributed by atoms with Crippen molar-refractivity contribution in [2.45, 2.75) is 26.2 Å². The van der Waals surface area contributed by atoms with E-state index in [-0.39, 0.29) is 11.3 Å². The molecule has 0 spiro atoms. The lowest BCUT2D eigenvalue weighted by molar-refractivity contribution is 0.102. The van der Waals surface area contributed by atoms with Gasteiger partial charge in [0.15, 0.2) is 5.82 Å². The highest BCUT2D eigenvalue weighted by Crippen LogP contribution is 2.25. The fourth-order valence-corrected chi connectivity index (χ4v) is 2.09. The molecule has 0 saturated heterocycles. The van der Waals surface area contributed by atoms with Crippen molar-refractivity contribution >= 4 is 34.9 Å². The van der Waals surface area contributed by atoms with Gasteiger partial charge in [-0.3, -0.25) is 4.79 Å². The maximum absolute atomic E-state index is 12.1. The number of rotatable bonds is 2. The molecular formula is C14H14Cl2N2O2. The molecular weight excluding hydrogens is 299 g/mol. The molecule has 6 heteroatoms. The van der Waals surface area contributed by atoms with Gasteiger partial charge in [0.2, 0.25) is 0 Å². The standard InChI is InChI=1S/C14H14Cl2N2O2/c1-14(2,3)11-7-12(18-20-11)17-13(19)8-4-9(15)6-10(16)5-8/h4-7H,1-3H3,(H,17,18,19). The van der Waals surface area contributed by atoms with E-state index in [0.29, 0.717) is 27.2 Å². The second-order valence-electron chi connectivity index (χ2n) is 5.44. The largest absolute Gasteiger partial charge is 0.359 e. The van der Waals surface area contributed by atoms with Crippen molar-refractivity contribution in [1.29, 1.82) is 0 Å². The summed E-state index contributed by atoms with van der Waals surface area (Å²) < 4.78 is 5.20. The zero-order valence-electron chi connectivity index (χ0n) is 11.3. The highest BCUT2D eigenvalue weighted by atomic mass is 35.5. The van der Waals surface area contributed by atoms with Crippen LogP contribution in [0.3, 0.4) is 0 Å². The maximum Gasteiger partial charge on any atom is 0.257 e. The predicted octanol–water partition coefficient (Wildman–Crippen LogP) is 4.53. The minimum atomic E-state index is -0.344. The van der Waals surface area contributed by atoms with E-state index >= 15 is 0 Å². The number of halogens is 2. The number of aromatic nitrogens is 1. The third-order valence-corrected chi connectivity index (χ3v) is 3.05. The molecule has 1 N–H and O–H groups in total. The number of anilines is 1. The van der Waals surface area contributed by atoms with Crippen LogP contribution < -0.4 is 5.32 Å². The molecule has 0 aliphatic rings. The molecule has 4 nitrogen and oxygen atoms in total. The Kier molecular flexibility index (Phi) is 4.06. The van der Waals surface area contributed by atoms with Crippen LogP contribution in [0.4, 0.5) is 5.82 Å². The first-order chi connectivity index (χ1) is 9.25. The Morgan fingerprint density at radius 2 is 1.75 bits per heavy atom. The predicted molar refractivity (Wildman–Crippen MR) is 79.6 cm³/mol. The van der Waals surface area contributed by atoms with Crippen LogP contribution in [-0.2, 0) is 5.41 Å². The van der Waals surface area contributed by atoms with Crippen molar-refractivity contribution in [2.24, 2.45) is 0 Å². The number of amides is 1. The number of hydrogen-bond donors (Lipinski definition) is 1. The van der Waals surface area contributed by atoms with Crippen molar-refractivity contribution < 1.29 is 9.32 Å². The summed E-state index contributed by atoms with van der Waals surface area (Å²) in [4.78, 5) is 12.1. The highest BCUT2D eigenvalue weighted by molar-refractivity contribution is 6.35. The van der Waals surface area contributed by atoms with E-state index in [0.717, 1.165) is 0 Å². The van der Waals surface area contributed by atoms with Crippen LogP contribution in [0.25, 0.3) is 0 Å². The maximum atomic E-state index is 12.1. The van der Waals surface area contributed by atoms with E-state index < -0.39 is 0 Å². The van der Waals surface area contributed by atoms with Crippen molar-refractivity contribution in [3.8, 4) is 0 Å². The second-order valence-corrected chi connectivity index (χ2v) is 6.31. The summed E-state index contributed by atoms with van der Waals surface area (Å²) >= 11 is 11.7. The summed E-state index contributed by atoms with van der Waals surface area (Å²) in [6, 6.07) is 6.33. The molecule has 20 heavy (non-hydrogen) atoms. The molecule has 0 saturated carbocycles. The van der Waals surface area contributed by atoms with Crippen LogP contribution in [0.5, 0.6) is 0 Å². The molecule has 0 unspecified atom stereocenters. The molecule has 1 aromatic heterocycles. The molecule has 1 amide bonds. The Bertz CT molecular complexity index is 625. The van der Waals surface area contributed by atoms with E-state index in [1.54, 1.807) is 12.1 Å². The molecule has 0 bridgehead atoms. The highest BCUT2D eigenvalue weighted by Gasteiger charge is 2.20. The summed E-state index contributed by atoms with van der Waals surface area (Å²) in [7, 11) is 0. The lowest BCUT2D eigenvalue weighted by Gasteiger charge is -2.12. The van der Waals surface area contributed by atoms with Gasteiger partial charge in [0.05, 0.1) is 0 Å². The average Bonchev–Trinajstić information content (AvgIpc) is 2.75. The summed E-state index contributed by atoms with van der Waals surface area (Å²) in [5.74, 6) is 0.705. The van der Waals surface area contributed by atoms with Gasteiger partial charge < -0.3 is 9.84 Å². The Balaban J connectivity index is 2.17. The minimum absolute atomic E-state index is 0.171. The third-order valence-electron chi connectivity index (χ3n) is 2.62. The second kappa shape index (κ2) is 5.46. The molecule has 0 radical (unpaired) electrons. The van der Waals surface area contributed by atoms with Gasteiger partial charge in [-0.05, 0) is 18.2 Å². The lowest BCUT2D eigenvalue weighted by Crippen LogP contribution is -2.12. The van der Waals surface area contributed by atoms with Crippen LogP contribution in [0.2, 0.25) is 10.0 Å². The molecule has 1 aromatic carbocycles. The monoisotopic (exact) mass is 312 g/mol. The first-order valence-corrected chi connectivity index (χ1v) is 6.76. The number of nitrogens with one attached hydrogen (secondary N) is 1. The number of hydrogen-bond acceptors (Lipinski definition) is 3. The van der Waals surface area contributed by atoms with Gasteiger partial charge in [-0.15, -0.1) is 0 Å². The topological polar surface area (TPSA) is 55.1 Å². The lowest BCUT2D eigenvalue weighted by atomic mass is 9.93. The van der Waals surface area contributed by atoms with Gasteiger partial charge in [-0.25, -0.2) is 0 Å². The zero-order chi connectivity index (χ0) is 14.9. The van der Waals surface area contributed by atoms with Crippen molar-refractivity contribution in [1.82, 2.24) is 5.16 Å². The minimum Gasteiger partial charge on any atom is -0.359 e. The van der Waals surface area contributed by atoms with Gasteiger partial charge in [-0.2, -0.15) is 0 Å². The van der Waals surface area contributed by atoms with Crippen LogP contribution in [0, 0.1) is 0 Å². The third kappa shape index (κ3) is 3.52. The van der Waals surface area contributed by atoms with Gasteiger partial charge in [0.1, 0.15) is 5.76 Å². The van der Waals surface area contributed by atoms with E-state index in [9.17, 15) is 4.79 Å². The Labute approximate surface area is 127 Å². The normalized spacial score (nSPS) is 11.4. The average molecular weight is 313 g/mol. The van der Waals surface area contributed by atoms with Gasteiger partial charge in [0.25, 0.3) is 5.91 Å². The first-order valence-electron chi connectivity index (χ1n) is 6.00. The van der Waals surface area contributed by atoms with E-state index in [4.69, 9.17) is 27.7 Å². The molecule has 106 valence electrons. The molecule has 0 aliphatic carbocycles. The van der Waals surface area contributed by atoms with E-state index in [2.05, 4.69) is 10.5 Å². The van der Waals surface area contributed by atoms with Crippen LogP contribution in [-0.4, -0.2) is 11.1 Å². The smallest absolute Gasteiger partial charge is 0.257 e. The molecule has 2 rings (SSSR count).